The zero-order chi connectivity index (χ0) is 18.2. The quantitative estimate of drug-likeness (QED) is 0.746. The molecule has 0 unspecified atom stereocenters. The molecule has 0 radical (unpaired) electrons. The van der Waals surface area contributed by atoms with Crippen molar-refractivity contribution in [1.29, 1.82) is 5.26 Å². The first-order valence-corrected chi connectivity index (χ1v) is 7.59. The van der Waals surface area contributed by atoms with E-state index in [0.717, 1.165) is 0 Å². The monoisotopic (exact) mass is 343 g/mol. The molecule has 1 aromatic carbocycles. The highest BCUT2D eigenvalue weighted by atomic mass is 16.6. The summed E-state index contributed by atoms with van der Waals surface area (Å²) in [6.07, 6.45) is -1.07. The van der Waals surface area contributed by atoms with Gasteiger partial charge in [-0.25, -0.2) is 5.10 Å². The number of nitriles is 1. The summed E-state index contributed by atoms with van der Waals surface area (Å²) in [5.74, 6) is 0.485. The second-order valence-electron chi connectivity index (χ2n) is 6.32. The van der Waals surface area contributed by atoms with Crippen LogP contribution in [0.5, 0.6) is 11.6 Å². The smallest absolute Gasteiger partial charge is 0.264 e. The molecule has 0 aliphatic carbocycles. The lowest BCUT2D eigenvalue weighted by Gasteiger charge is -2.49. The Hall–Kier alpha value is -2.89. The van der Waals surface area contributed by atoms with Gasteiger partial charge in [0, 0.05) is 17.7 Å². The molecule has 0 saturated carbocycles. The fourth-order valence-electron chi connectivity index (χ4n) is 2.80. The van der Waals surface area contributed by atoms with Crippen LogP contribution in [0.3, 0.4) is 0 Å². The Balaban J connectivity index is 2.15. The van der Waals surface area contributed by atoms with Crippen molar-refractivity contribution in [3.05, 3.63) is 51.8 Å². The van der Waals surface area contributed by atoms with Crippen LogP contribution in [0.1, 0.15) is 31.1 Å². The van der Waals surface area contributed by atoms with Gasteiger partial charge in [-0.2, -0.15) is 5.26 Å². The van der Waals surface area contributed by atoms with E-state index in [9.17, 15) is 15.0 Å². The van der Waals surface area contributed by atoms with Crippen LogP contribution in [0.25, 0.3) is 0 Å². The Morgan fingerprint density at radius 3 is 2.76 bits per heavy atom. The van der Waals surface area contributed by atoms with Gasteiger partial charge in [-0.05, 0) is 32.0 Å². The van der Waals surface area contributed by atoms with E-state index in [2.05, 4.69) is 10.2 Å². The van der Waals surface area contributed by atoms with Crippen LogP contribution in [-0.4, -0.2) is 38.2 Å². The van der Waals surface area contributed by atoms with Crippen molar-refractivity contribution in [1.82, 2.24) is 10.2 Å². The molecular weight excluding hydrogens is 326 g/mol. The normalized spacial score (nSPS) is 23.9. The van der Waals surface area contributed by atoms with Gasteiger partial charge in [0.2, 0.25) is 5.88 Å². The molecule has 3 N–H and O–H groups in total. The summed E-state index contributed by atoms with van der Waals surface area (Å²) in [6, 6.07) is 9.34. The van der Waals surface area contributed by atoms with Gasteiger partial charge in [-0.3, -0.25) is 4.79 Å². The summed E-state index contributed by atoms with van der Waals surface area (Å²) in [5.41, 5.74) is -2.64. The number of aliphatic hydroxyl groups excluding tert-OH is 1. The minimum Gasteiger partial charge on any atom is -0.484 e. The molecule has 8 nitrogen and oxygen atoms in total. The number of aliphatic hydroxyl groups is 2. The second kappa shape index (κ2) is 5.88. The van der Waals surface area contributed by atoms with Gasteiger partial charge in [-0.1, -0.05) is 0 Å². The molecule has 2 aromatic rings. The van der Waals surface area contributed by atoms with Crippen molar-refractivity contribution >= 4 is 0 Å². The van der Waals surface area contributed by atoms with E-state index in [-0.39, 0.29) is 5.88 Å². The van der Waals surface area contributed by atoms with E-state index in [1.165, 1.54) is 18.2 Å². The fourth-order valence-corrected chi connectivity index (χ4v) is 2.80. The van der Waals surface area contributed by atoms with Crippen molar-refractivity contribution in [2.45, 2.75) is 31.2 Å². The Morgan fingerprint density at radius 2 is 2.16 bits per heavy atom. The van der Waals surface area contributed by atoms with E-state index in [1.807, 2.05) is 6.07 Å². The van der Waals surface area contributed by atoms with E-state index in [4.69, 9.17) is 14.7 Å². The number of hydrogen-bond acceptors (Lipinski definition) is 7. The number of ether oxygens (including phenoxy) is 2. The SMILES string of the molecule is CC1(C)Oc2ccc(C#N)cc2[C@@H](Oc2ccc(=O)[nH]n2)[C@@]1(O)CO. The minimum absolute atomic E-state index is 0.0579. The summed E-state index contributed by atoms with van der Waals surface area (Å²) in [4.78, 5) is 11.2. The van der Waals surface area contributed by atoms with Gasteiger partial charge in [0.05, 0.1) is 18.2 Å². The van der Waals surface area contributed by atoms with Gasteiger partial charge in [0.25, 0.3) is 5.56 Å². The first kappa shape index (κ1) is 17.0. The maximum absolute atomic E-state index is 11.2. The zero-order valence-electron chi connectivity index (χ0n) is 13.7. The number of aromatic nitrogens is 2. The molecule has 2 heterocycles. The van der Waals surface area contributed by atoms with E-state index in [0.29, 0.717) is 16.9 Å². The Bertz CT molecular complexity index is 881. The van der Waals surface area contributed by atoms with Crippen molar-refractivity contribution in [3.63, 3.8) is 0 Å². The highest BCUT2D eigenvalue weighted by Crippen LogP contribution is 2.48. The lowest BCUT2D eigenvalue weighted by atomic mass is 9.76. The number of fused-ring (bicyclic) bond motifs is 1. The molecule has 8 heteroatoms. The summed E-state index contributed by atoms with van der Waals surface area (Å²) in [5, 5.41) is 36.1. The third-order valence-electron chi connectivity index (χ3n) is 4.40. The zero-order valence-corrected chi connectivity index (χ0v) is 13.7. The molecule has 0 spiro atoms. The lowest BCUT2D eigenvalue weighted by molar-refractivity contribution is -0.204. The first-order valence-electron chi connectivity index (χ1n) is 7.59. The molecule has 3 rings (SSSR count). The van der Waals surface area contributed by atoms with Crippen LogP contribution >= 0.6 is 0 Å². The predicted octanol–water partition coefficient (Wildman–Crippen LogP) is 0.656. The van der Waals surface area contributed by atoms with Gasteiger partial charge in [-0.15, -0.1) is 5.10 Å². The maximum Gasteiger partial charge on any atom is 0.264 e. The molecule has 0 saturated heterocycles. The van der Waals surface area contributed by atoms with E-state index in [1.54, 1.807) is 26.0 Å². The number of hydrogen-bond donors (Lipinski definition) is 3. The summed E-state index contributed by atoms with van der Waals surface area (Å²) in [6.45, 7) is 2.60. The number of benzene rings is 1. The van der Waals surface area contributed by atoms with Gasteiger partial charge >= 0.3 is 0 Å². The average Bonchev–Trinajstić information content (AvgIpc) is 2.60. The minimum atomic E-state index is -1.81. The number of nitrogens with one attached hydrogen (secondary N) is 1. The van der Waals surface area contributed by atoms with Crippen LogP contribution in [0, 0.1) is 11.3 Å². The van der Waals surface area contributed by atoms with Crippen LogP contribution in [0.4, 0.5) is 0 Å². The van der Waals surface area contributed by atoms with Gasteiger partial charge in [0.15, 0.2) is 11.7 Å². The molecule has 25 heavy (non-hydrogen) atoms. The molecule has 1 aromatic heterocycles. The molecule has 0 fully saturated rings. The van der Waals surface area contributed by atoms with Gasteiger partial charge in [0.1, 0.15) is 11.4 Å². The Kier molecular flexibility index (Phi) is 3.99. The fraction of sp³-hybridized carbons (Fsp3) is 0.353. The number of aromatic amines is 1. The van der Waals surface area contributed by atoms with Crippen molar-refractivity contribution in [3.8, 4) is 17.7 Å². The Morgan fingerprint density at radius 1 is 1.40 bits per heavy atom. The highest BCUT2D eigenvalue weighted by molar-refractivity contribution is 5.47. The Labute approximate surface area is 143 Å². The number of nitrogens with zero attached hydrogens (tertiary/aromatic N) is 2. The van der Waals surface area contributed by atoms with Crippen molar-refractivity contribution < 1.29 is 19.7 Å². The van der Waals surface area contributed by atoms with Crippen LogP contribution in [0.15, 0.2) is 35.1 Å². The van der Waals surface area contributed by atoms with Gasteiger partial charge < -0.3 is 19.7 Å². The topological polar surface area (TPSA) is 128 Å². The largest absolute Gasteiger partial charge is 0.484 e. The molecule has 1 aliphatic heterocycles. The third-order valence-corrected chi connectivity index (χ3v) is 4.40. The molecule has 2 atom stereocenters. The molecule has 1 aliphatic rings. The number of rotatable bonds is 3. The predicted molar refractivity (Wildman–Crippen MR) is 86.1 cm³/mol. The molecular formula is C17H17N3O5. The molecule has 0 amide bonds. The third kappa shape index (κ3) is 2.73. The van der Waals surface area contributed by atoms with E-state index >= 15 is 0 Å². The molecule has 130 valence electrons. The summed E-state index contributed by atoms with van der Waals surface area (Å²) in [7, 11) is 0. The average molecular weight is 343 g/mol. The van der Waals surface area contributed by atoms with Crippen molar-refractivity contribution in [2.75, 3.05) is 6.61 Å². The van der Waals surface area contributed by atoms with E-state index < -0.39 is 29.5 Å². The highest BCUT2D eigenvalue weighted by Gasteiger charge is 2.57. The van der Waals surface area contributed by atoms with Crippen LogP contribution < -0.4 is 15.0 Å². The standard InChI is InChI=1S/C17H17N3O5/c1-16(2)17(23,9-21)15(24-14-6-5-13(22)19-20-14)11-7-10(8-18)3-4-12(11)25-16/h3-7,15,21,23H,9H2,1-2H3,(H,19,22)/t15-,17+/m1/s1. The van der Waals surface area contributed by atoms with Crippen molar-refractivity contribution in [2.24, 2.45) is 0 Å². The maximum atomic E-state index is 11.2. The molecule has 0 bridgehead atoms. The van der Waals surface area contributed by atoms with Crippen LogP contribution in [0.2, 0.25) is 0 Å². The lowest BCUT2D eigenvalue weighted by Crippen LogP contribution is -2.63. The van der Waals surface area contributed by atoms with Crippen LogP contribution in [-0.2, 0) is 0 Å². The second-order valence-corrected chi connectivity index (χ2v) is 6.32. The summed E-state index contributed by atoms with van der Waals surface area (Å²) >= 11 is 0. The summed E-state index contributed by atoms with van der Waals surface area (Å²) < 4.78 is 11.6. The first-order chi connectivity index (χ1) is 11.8. The number of H-pyrrole nitrogens is 1.